The third-order valence-electron chi connectivity index (χ3n) is 2.62. The standard InChI is InChI=1S/C13H17ClO3/c1-3-11(15)13(2,14)12(16)17-9-10-7-5-4-6-8-10/h4-8,11,15H,3,9H2,1-2H3/t11-,13-/m1/s1. The average molecular weight is 257 g/mol. The fraction of sp³-hybridized carbons (Fsp3) is 0.462. The third kappa shape index (κ3) is 3.72. The summed E-state index contributed by atoms with van der Waals surface area (Å²) in [5, 5.41) is 9.62. The third-order valence-corrected chi connectivity index (χ3v) is 3.03. The van der Waals surface area contributed by atoms with Gasteiger partial charge in [0, 0.05) is 0 Å². The summed E-state index contributed by atoms with van der Waals surface area (Å²) in [6.07, 6.45) is -0.507. The molecule has 0 unspecified atom stereocenters. The molecule has 0 bridgehead atoms. The first-order chi connectivity index (χ1) is 7.98. The van der Waals surface area contributed by atoms with Crippen molar-refractivity contribution in [1.29, 1.82) is 0 Å². The van der Waals surface area contributed by atoms with Crippen molar-refractivity contribution in [2.75, 3.05) is 0 Å². The SMILES string of the molecule is CC[C@@H](O)[C@@](C)(Cl)C(=O)OCc1ccccc1. The molecule has 0 spiro atoms. The van der Waals surface area contributed by atoms with Gasteiger partial charge in [-0.15, -0.1) is 11.6 Å². The molecule has 1 aromatic carbocycles. The van der Waals surface area contributed by atoms with Crippen molar-refractivity contribution in [3.8, 4) is 0 Å². The minimum absolute atomic E-state index is 0.165. The lowest BCUT2D eigenvalue weighted by molar-refractivity contribution is -0.151. The topological polar surface area (TPSA) is 46.5 Å². The molecule has 0 fully saturated rings. The molecule has 0 heterocycles. The zero-order valence-corrected chi connectivity index (χ0v) is 10.8. The molecule has 0 aliphatic carbocycles. The second-order valence-corrected chi connectivity index (χ2v) is 4.85. The maximum atomic E-state index is 11.7. The highest BCUT2D eigenvalue weighted by Crippen LogP contribution is 2.24. The highest BCUT2D eigenvalue weighted by atomic mass is 35.5. The molecule has 94 valence electrons. The van der Waals surface area contributed by atoms with Crippen LogP contribution in [0.1, 0.15) is 25.8 Å². The second-order valence-electron chi connectivity index (χ2n) is 4.06. The maximum absolute atomic E-state index is 11.7. The molecule has 0 radical (unpaired) electrons. The van der Waals surface area contributed by atoms with Gasteiger partial charge in [-0.3, -0.25) is 4.79 Å². The van der Waals surface area contributed by atoms with E-state index in [0.29, 0.717) is 6.42 Å². The van der Waals surface area contributed by atoms with Gasteiger partial charge >= 0.3 is 5.97 Å². The van der Waals surface area contributed by atoms with Crippen LogP contribution in [0.4, 0.5) is 0 Å². The zero-order chi connectivity index (χ0) is 12.9. The number of ether oxygens (including phenoxy) is 1. The number of aliphatic hydroxyl groups is 1. The normalized spacial score (nSPS) is 16.0. The van der Waals surface area contributed by atoms with E-state index in [9.17, 15) is 9.90 Å². The first kappa shape index (κ1) is 14.0. The van der Waals surface area contributed by atoms with Gasteiger partial charge < -0.3 is 9.84 Å². The summed E-state index contributed by atoms with van der Waals surface area (Å²) in [5.74, 6) is -0.600. The number of rotatable bonds is 5. The molecular formula is C13H17ClO3. The van der Waals surface area contributed by atoms with Crippen molar-refractivity contribution in [3.63, 3.8) is 0 Å². The number of carbonyl (C=O) groups excluding carboxylic acids is 1. The maximum Gasteiger partial charge on any atom is 0.329 e. The minimum Gasteiger partial charge on any atom is -0.459 e. The van der Waals surface area contributed by atoms with Crippen LogP contribution in [-0.4, -0.2) is 22.1 Å². The Labute approximate surface area is 106 Å². The summed E-state index contributed by atoms with van der Waals surface area (Å²) in [6.45, 7) is 3.39. The van der Waals surface area contributed by atoms with Gasteiger partial charge in [-0.2, -0.15) is 0 Å². The first-order valence-corrected chi connectivity index (χ1v) is 5.94. The minimum atomic E-state index is -1.39. The predicted octanol–water partition coefficient (Wildman–Crippen LogP) is 2.50. The number of aliphatic hydroxyl groups excluding tert-OH is 1. The number of esters is 1. The Morgan fingerprint density at radius 2 is 2.06 bits per heavy atom. The van der Waals surface area contributed by atoms with E-state index in [1.807, 2.05) is 30.3 Å². The van der Waals surface area contributed by atoms with Crippen molar-refractivity contribution in [1.82, 2.24) is 0 Å². The van der Waals surface area contributed by atoms with Gasteiger partial charge in [0.05, 0.1) is 6.10 Å². The molecule has 4 heteroatoms. The summed E-state index contributed by atoms with van der Waals surface area (Å²) in [6, 6.07) is 9.33. The lowest BCUT2D eigenvalue weighted by Crippen LogP contribution is -2.42. The predicted molar refractivity (Wildman–Crippen MR) is 66.8 cm³/mol. The van der Waals surface area contributed by atoms with Gasteiger partial charge in [-0.05, 0) is 18.9 Å². The summed E-state index contributed by atoms with van der Waals surface area (Å²) in [7, 11) is 0. The molecule has 0 saturated carbocycles. The molecule has 1 aromatic rings. The highest BCUT2D eigenvalue weighted by molar-refractivity contribution is 6.34. The van der Waals surface area contributed by atoms with Crippen LogP contribution in [-0.2, 0) is 16.1 Å². The van der Waals surface area contributed by atoms with Crippen LogP contribution in [0.3, 0.4) is 0 Å². The molecular weight excluding hydrogens is 240 g/mol. The lowest BCUT2D eigenvalue weighted by Gasteiger charge is -2.24. The molecule has 1 rings (SSSR count). The Hall–Kier alpha value is -1.06. The zero-order valence-electron chi connectivity index (χ0n) is 10.0. The quantitative estimate of drug-likeness (QED) is 0.650. The number of hydrogen-bond acceptors (Lipinski definition) is 3. The molecule has 3 nitrogen and oxygen atoms in total. The Bertz CT molecular complexity index is 362. The number of halogens is 1. The number of alkyl halides is 1. The first-order valence-electron chi connectivity index (χ1n) is 5.56. The number of carbonyl (C=O) groups is 1. The van der Waals surface area contributed by atoms with Gasteiger partial charge in [0.25, 0.3) is 0 Å². The Kier molecular flexibility index (Phi) is 4.97. The van der Waals surface area contributed by atoms with Gasteiger partial charge in [-0.1, -0.05) is 37.3 Å². The molecule has 0 saturated heterocycles. The van der Waals surface area contributed by atoms with E-state index >= 15 is 0 Å². The van der Waals surface area contributed by atoms with Gasteiger partial charge in [0.2, 0.25) is 0 Å². The van der Waals surface area contributed by atoms with Gasteiger partial charge in [-0.25, -0.2) is 0 Å². The van der Waals surface area contributed by atoms with Crippen LogP contribution >= 0.6 is 11.6 Å². The summed E-state index contributed by atoms with van der Waals surface area (Å²) < 4.78 is 5.08. The van der Waals surface area contributed by atoms with E-state index in [1.54, 1.807) is 6.92 Å². The lowest BCUT2D eigenvalue weighted by atomic mass is 10.0. The van der Waals surface area contributed by atoms with Crippen LogP contribution in [0.15, 0.2) is 30.3 Å². The van der Waals surface area contributed by atoms with Crippen LogP contribution in [0.2, 0.25) is 0 Å². The highest BCUT2D eigenvalue weighted by Gasteiger charge is 2.39. The van der Waals surface area contributed by atoms with Gasteiger partial charge in [0.15, 0.2) is 4.87 Å². The van der Waals surface area contributed by atoms with Crippen molar-refractivity contribution < 1.29 is 14.6 Å². The summed E-state index contributed by atoms with van der Waals surface area (Å²) in [4.78, 5) is 10.3. The summed E-state index contributed by atoms with van der Waals surface area (Å²) in [5.41, 5.74) is 0.888. The molecule has 0 aromatic heterocycles. The van der Waals surface area contributed by atoms with E-state index in [1.165, 1.54) is 6.92 Å². The Morgan fingerprint density at radius 1 is 1.47 bits per heavy atom. The molecule has 17 heavy (non-hydrogen) atoms. The smallest absolute Gasteiger partial charge is 0.329 e. The largest absolute Gasteiger partial charge is 0.459 e. The van der Waals surface area contributed by atoms with Crippen LogP contribution in [0.5, 0.6) is 0 Å². The van der Waals surface area contributed by atoms with Crippen LogP contribution < -0.4 is 0 Å². The van der Waals surface area contributed by atoms with E-state index in [0.717, 1.165) is 5.56 Å². The Morgan fingerprint density at radius 3 is 2.59 bits per heavy atom. The monoisotopic (exact) mass is 256 g/mol. The van der Waals surface area contributed by atoms with Crippen LogP contribution in [0, 0.1) is 0 Å². The molecule has 0 aliphatic rings. The molecule has 0 amide bonds. The van der Waals surface area contributed by atoms with E-state index in [2.05, 4.69) is 0 Å². The van der Waals surface area contributed by atoms with Crippen molar-refractivity contribution in [3.05, 3.63) is 35.9 Å². The van der Waals surface area contributed by atoms with Crippen molar-refractivity contribution in [2.24, 2.45) is 0 Å². The Balaban J connectivity index is 2.55. The van der Waals surface area contributed by atoms with E-state index in [-0.39, 0.29) is 6.61 Å². The molecule has 0 aliphatic heterocycles. The average Bonchev–Trinajstić information content (AvgIpc) is 2.35. The van der Waals surface area contributed by atoms with Crippen molar-refractivity contribution in [2.45, 2.75) is 37.9 Å². The number of hydrogen-bond donors (Lipinski definition) is 1. The molecule has 1 N–H and O–H groups in total. The second kappa shape index (κ2) is 6.03. The van der Waals surface area contributed by atoms with E-state index < -0.39 is 16.9 Å². The van der Waals surface area contributed by atoms with Crippen LogP contribution in [0.25, 0.3) is 0 Å². The van der Waals surface area contributed by atoms with E-state index in [4.69, 9.17) is 16.3 Å². The number of benzene rings is 1. The van der Waals surface area contributed by atoms with Gasteiger partial charge in [0.1, 0.15) is 6.61 Å². The molecule has 2 atom stereocenters. The fourth-order valence-electron chi connectivity index (χ4n) is 1.38. The van der Waals surface area contributed by atoms with Crippen molar-refractivity contribution >= 4 is 17.6 Å². The fourth-order valence-corrected chi connectivity index (χ4v) is 1.59. The summed E-state index contributed by atoms with van der Waals surface area (Å²) >= 11 is 5.98.